The maximum absolute atomic E-state index is 11.7. The van der Waals surface area contributed by atoms with Gasteiger partial charge >= 0.3 is 5.97 Å². The first-order valence-corrected chi connectivity index (χ1v) is 4.41. The van der Waals surface area contributed by atoms with E-state index in [1.165, 1.54) is 31.4 Å². The van der Waals surface area contributed by atoms with E-state index in [1.54, 1.807) is 0 Å². The minimum absolute atomic E-state index is 0.277. The van der Waals surface area contributed by atoms with Crippen molar-refractivity contribution in [3.05, 3.63) is 29.8 Å². The number of carbonyl (C=O) groups is 1. The van der Waals surface area contributed by atoms with Gasteiger partial charge in [-0.1, -0.05) is 12.1 Å². The molecule has 15 heavy (non-hydrogen) atoms. The molecule has 1 heterocycles. The zero-order valence-corrected chi connectivity index (χ0v) is 8.11. The number of cyclic esters (lactones) is 1. The van der Waals surface area contributed by atoms with Gasteiger partial charge < -0.3 is 9.47 Å². The minimum atomic E-state index is -2.96. The van der Waals surface area contributed by atoms with Crippen molar-refractivity contribution in [3.63, 3.8) is 0 Å². The number of carbonyl (C=O) groups excluding carboxylic acids is 1. The van der Waals surface area contributed by atoms with Gasteiger partial charge in [0, 0.05) is 8.22 Å². The molecule has 1 atom stereocenters. The summed E-state index contributed by atoms with van der Waals surface area (Å²) in [5.41, 5.74) is -2.23. The molecule has 0 aliphatic carbocycles. The zero-order chi connectivity index (χ0) is 16.1. The Morgan fingerprint density at radius 3 is 2.53 bits per heavy atom. The van der Waals surface area contributed by atoms with Crippen LogP contribution in [0.25, 0.3) is 0 Å². The molecule has 0 N–H and O–H groups in total. The fourth-order valence-electron chi connectivity index (χ4n) is 1.55. The van der Waals surface area contributed by atoms with Crippen LogP contribution in [0.1, 0.15) is 33.4 Å². The Balaban J connectivity index is 2.51. The Labute approximate surface area is 97.4 Å². The van der Waals surface area contributed by atoms with Gasteiger partial charge in [-0.3, -0.25) is 4.79 Å². The average Bonchev–Trinajstić information content (AvgIpc) is 2.33. The van der Waals surface area contributed by atoms with Gasteiger partial charge in [-0.2, -0.15) is 0 Å². The van der Waals surface area contributed by atoms with Crippen LogP contribution in [0.4, 0.5) is 0 Å². The zero-order valence-electron chi connectivity index (χ0n) is 14.1. The summed E-state index contributed by atoms with van der Waals surface area (Å²) in [7, 11) is 1.46. The van der Waals surface area contributed by atoms with Crippen LogP contribution in [0.15, 0.2) is 24.3 Å². The molecule has 0 saturated carbocycles. The Morgan fingerprint density at radius 2 is 2.07 bits per heavy atom. The van der Waals surface area contributed by atoms with E-state index in [0.717, 1.165) is 0 Å². The summed E-state index contributed by atoms with van der Waals surface area (Å²) >= 11 is 0. The van der Waals surface area contributed by atoms with E-state index in [0.29, 0.717) is 5.75 Å². The molecule has 1 fully saturated rings. The molecule has 0 radical (unpaired) electrons. The van der Waals surface area contributed by atoms with Gasteiger partial charge in [0.25, 0.3) is 0 Å². The average molecular weight is 212 g/mol. The van der Waals surface area contributed by atoms with Crippen molar-refractivity contribution >= 4 is 5.97 Å². The van der Waals surface area contributed by atoms with Gasteiger partial charge in [-0.05, 0) is 31.4 Å². The summed E-state index contributed by atoms with van der Waals surface area (Å²) in [6, 6.07) is 6.00. The standard InChI is InChI=1S/C12H14O3/c1-12(2)10(11(13)15-12)8-4-6-9(14-3)7-5-8/h4-7,10H,1-3H3/i1D3,2D3. The van der Waals surface area contributed by atoms with Crippen molar-refractivity contribution in [3.8, 4) is 5.75 Å². The minimum Gasteiger partial charge on any atom is -0.497 e. The van der Waals surface area contributed by atoms with Gasteiger partial charge in [0.05, 0.1) is 7.11 Å². The summed E-state index contributed by atoms with van der Waals surface area (Å²) in [5, 5.41) is 0. The smallest absolute Gasteiger partial charge is 0.318 e. The van der Waals surface area contributed by atoms with Crippen molar-refractivity contribution in [2.45, 2.75) is 25.2 Å². The second kappa shape index (κ2) is 3.26. The lowest BCUT2D eigenvalue weighted by Gasteiger charge is -2.42. The molecule has 3 nitrogen and oxygen atoms in total. The van der Waals surface area contributed by atoms with E-state index < -0.39 is 31.2 Å². The number of ether oxygens (including phenoxy) is 2. The van der Waals surface area contributed by atoms with Gasteiger partial charge in [-0.25, -0.2) is 0 Å². The first-order chi connectivity index (χ1) is 9.54. The molecule has 1 saturated heterocycles. The molecule has 1 aromatic rings. The van der Waals surface area contributed by atoms with E-state index in [1.807, 2.05) is 0 Å². The van der Waals surface area contributed by atoms with Crippen LogP contribution < -0.4 is 4.74 Å². The van der Waals surface area contributed by atoms with Crippen molar-refractivity contribution in [1.29, 1.82) is 0 Å². The van der Waals surface area contributed by atoms with Crippen molar-refractivity contribution in [1.82, 2.24) is 0 Å². The summed E-state index contributed by atoms with van der Waals surface area (Å²) < 4.78 is 54.7. The van der Waals surface area contributed by atoms with E-state index in [9.17, 15) is 4.79 Å². The predicted molar refractivity (Wildman–Crippen MR) is 55.9 cm³/mol. The fourth-order valence-corrected chi connectivity index (χ4v) is 1.55. The van der Waals surface area contributed by atoms with E-state index in [-0.39, 0.29) is 5.56 Å². The molecule has 2 rings (SSSR count). The molecule has 1 aliphatic heterocycles. The van der Waals surface area contributed by atoms with E-state index in [2.05, 4.69) is 4.74 Å². The maximum Gasteiger partial charge on any atom is 0.318 e. The fraction of sp³-hybridized carbons (Fsp3) is 0.417. The van der Waals surface area contributed by atoms with Crippen LogP contribution in [0.5, 0.6) is 5.75 Å². The second-order valence-electron chi connectivity index (χ2n) is 3.36. The summed E-state index contributed by atoms with van der Waals surface area (Å²) in [6.07, 6.45) is 0. The summed E-state index contributed by atoms with van der Waals surface area (Å²) in [6.45, 7) is -5.92. The van der Waals surface area contributed by atoms with Gasteiger partial charge in [0.1, 0.15) is 17.3 Å². The quantitative estimate of drug-likeness (QED) is 0.704. The van der Waals surface area contributed by atoms with Crippen LogP contribution >= 0.6 is 0 Å². The number of benzene rings is 1. The molecule has 0 bridgehead atoms. The molecular weight excluding hydrogens is 192 g/mol. The van der Waals surface area contributed by atoms with Crippen LogP contribution in [0.3, 0.4) is 0 Å². The summed E-state index contributed by atoms with van der Waals surface area (Å²) in [5.74, 6) is -1.70. The maximum atomic E-state index is 11.7. The predicted octanol–water partition coefficient (Wildman–Crippen LogP) is 2.11. The first-order valence-electron chi connectivity index (χ1n) is 7.41. The number of hydrogen-bond acceptors (Lipinski definition) is 3. The number of methoxy groups -OCH3 is 1. The Bertz CT molecular complexity index is 532. The topological polar surface area (TPSA) is 35.5 Å². The number of esters is 1. The highest BCUT2D eigenvalue weighted by molar-refractivity contribution is 5.85. The Hall–Kier alpha value is -1.51. The highest BCUT2D eigenvalue weighted by Crippen LogP contribution is 2.41. The van der Waals surface area contributed by atoms with Crippen molar-refractivity contribution in [2.75, 3.05) is 7.11 Å². The van der Waals surface area contributed by atoms with Gasteiger partial charge in [-0.15, -0.1) is 0 Å². The SMILES string of the molecule is [2H]C([2H])([2H])C1(C([2H])([2H])[2H])OC(=O)C1c1ccc(OC)cc1. The molecule has 0 aromatic heterocycles. The highest BCUT2D eigenvalue weighted by Gasteiger charge is 2.50. The van der Waals surface area contributed by atoms with Crippen LogP contribution in [-0.4, -0.2) is 18.7 Å². The lowest BCUT2D eigenvalue weighted by atomic mass is 9.80. The molecule has 80 valence electrons. The Morgan fingerprint density at radius 1 is 1.40 bits per heavy atom. The van der Waals surface area contributed by atoms with Crippen LogP contribution in [0, 0.1) is 0 Å². The van der Waals surface area contributed by atoms with Crippen LogP contribution in [0.2, 0.25) is 0 Å². The molecule has 1 unspecified atom stereocenters. The normalized spacial score (nSPS) is 30.5. The molecule has 3 heteroatoms. The number of rotatable bonds is 2. The molecule has 1 aromatic carbocycles. The molecule has 0 amide bonds. The summed E-state index contributed by atoms with van der Waals surface area (Å²) in [4.78, 5) is 11.7. The van der Waals surface area contributed by atoms with Crippen LogP contribution in [-0.2, 0) is 9.53 Å². The lowest BCUT2D eigenvalue weighted by Crippen LogP contribution is -2.51. The lowest BCUT2D eigenvalue weighted by molar-refractivity contribution is -0.191. The van der Waals surface area contributed by atoms with Gasteiger partial charge in [0.2, 0.25) is 0 Å². The first kappa shape index (κ1) is 5.01. The molecule has 0 spiro atoms. The third-order valence-electron chi connectivity index (χ3n) is 2.35. The highest BCUT2D eigenvalue weighted by atomic mass is 16.6. The van der Waals surface area contributed by atoms with Crippen molar-refractivity contribution in [2.24, 2.45) is 0 Å². The van der Waals surface area contributed by atoms with E-state index in [4.69, 9.17) is 13.0 Å². The van der Waals surface area contributed by atoms with Gasteiger partial charge in [0.15, 0.2) is 0 Å². The van der Waals surface area contributed by atoms with E-state index >= 15 is 0 Å². The third-order valence-corrected chi connectivity index (χ3v) is 2.35. The largest absolute Gasteiger partial charge is 0.497 e. The molecular formula is C12H14O3. The Kier molecular flexibility index (Phi) is 1.09. The third kappa shape index (κ3) is 1.58. The second-order valence-corrected chi connectivity index (χ2v) is 3.36. The molecule has 1 aliphatic rings. The van der Waals surface area contributed by atoms with Crippen molar-refractivity contribution < 1.29 is 22.5 Å². The monoisotopic (exact) mass is 212 g/mol. The number of hydrogen-bond donors (Lipinski definition) is 0.